The summed E-state index contributed by atoms with van der Waals surface area (Å²) >= 11 is 0. The van der Waals surface area contributed by atoms with Gasteiger partial charge < -0.3 is 14.8 Å². The standard InChI is InChI=1S/C13H19N3O6S/c1-9(17)15-7-10-4-5-11(12(6-10)21-2)16(23(14,19)20)8-13(18)22-3/h4-6H,7-8H2,1-3H3,(H,15,17)(H2,14,19,20). The number of hydrogen-bond donors (Lipinski definition) is 2. The zero-order chi connectivity index (χ0) is 17.6. The zero-order valence-electron chi connectivity index (χ0n) is 13.0. The van der Waals surface area contributed by atoms with E-state index in [1.54, 1.807) is 12.1 Å². The predicted molar refractivity (Wildman–Crippen MR) is 83.0 cm³/mol. The maximum Gasteiger partial charge on any atom is 0.326 e. The molecule has 9 nitrogen and oxygen atoms in total. The normalized spacial score (nSPS) is 10.8. The molecule has 1 amide bonds. The Labute approximate surface area is 134 Å². The highest BCUT2D eigenvalue weighted by Crippen LogP contribution is 2.30. The van der Waals surface area contributed by atoms with Gasteiger partial charge in [0.05, 0.1) is 19.9 Å². The lowest BCUT2D eigenvalue weighted by molar-refractivity contribution is -0.138. The monoisotopic (exact) mass is 345 g/mol. The van der Waals surface area contributed by atoms with Crippen molar-refractivity contribution in [3.63, 3.8) is 0 Å². The molecule has 0 saturated carbocycles. The van der Waals surface area contributed by atoms with Crippen LogP contribution in [-0.2, 0) is 31.1 Å². The van der Waals surface area contributed by atoms with Crippen molar-refractivity contribution in [3.8, 4) is 5.75 Å². The second-order valence-corrected chi connectivity index (χ2v) is 6.01. The first-order chi connectivity index (χ1) is 10.7. The molecule has 0 aromatic heterocycles. The molecule has 0 aliphatic rings. The molecule has 0 heterocycles. The van der Waals surface area contributed by atoms with Crippen LogP contribution in [0.5, 0.6) is 5.75 Å². The average Bonchev–Trinajstić information content (AvgIpc) is 2.49. The fourth-order valence-corrected chi connectivity index (χ4v) is 2.47. The third kappa shape index (κ3) is 5.42. The van der Waals surface area contributed by atoms with Gasteiger partial charge in [-0.2, -0.15) is 8.42 Å². The Morgan fingerprint density at radius 3 is 2.43 bits per heavy atom. The molecular weight excluding hydrogens is 326 g/mol. The number of nitrogens with two attached hydrogens (primary N) is 1. The highest BCUT2D eigenvalue weighted by atomic mass is 32.2. The van der Waals surface area contributed by atoms with Gasteiger partial charge in [-0.15, -0.1) is 0 Å². The van der Waals surface area contributed by atoms with E-state index in [0.717, 1.165) is 7.11 Å². The molecule has 0 radical (unpaired) electrons. The Bertz CT molecular complexity index is 689. The summed E-state index contributed by atoms with van der Waals surface area (Å²) in [6.07, 6.45) is 0. The first-order valence-corrected chi connectivity index (χ1v) is 7.98. The van der Waals surface area contributed by atoms with Crippen molar-refractivity contribution in [3.05, 3.63) is 23.8 Å². The molecule has 128 valence electrons. The van der Waals surface area contributed by atoms with E-state index in [0.29, 0.717) is 9.87 Å². The van der Waals surface area contributed by atoms with Crippen LogP contribution in [0.2, 0.25) is 0 Å². The quantitative estimate of drug-likeness (QED) is 0.642. The maximum absolute atomic E-state index is 11.7. The number of esters is 1. The van der Waals surface area contributed by atoms with Crippen LogP contribution in [-0.4, -0.2) is 41.1 Å². The lowest BCUT2D eigenvalue weighted by Gasteiger charge is -2.23. The minimum absolute atomic E-state index is 0.0898. The summed E-state index contributed by atoms with van der Waals surface area (Å²) in [5.74, 6) is -0.793. The molecule has 1 rings (SSSR count). The molecule has 10 heteroatoms. The van der Waals surface area contributed by atoms with Crippen LogP contribution in [0.4, 0.5) is 5.69 Å². The number of rotatable bonds is 7. The SMILES string of the molecule is COC(=O)CN(c1ccc(CNC(C)=O)cc1OC)S(N)(=O)=O. The lowest BCUT2D eigenvalue weighted by Crippen LogP contribution is -2.41. The number of amides is 1. The minimum Gasteiger partial charge on any atom is -0.495 e. The van der Waals surface area contributed by atoms with Crippen molar-refractivity contribution in [2.45, 2.75) is 13.5 Å². The van der Waals surface area contributed by atoms with Crippen molar-refractivity contribution in [1.82, 2.24) is 5.32 Å². The third-order valence-electron chi connectivity index (χ3n) is 2.86. The third-order valence-corrected chi connectivity index (χ3v) is 3.80. The number of carbonyl (C=O) groups excluding carboxylic acids is 2. The number of anilines is 1. The van der Waals surface area contributed by atoms with E-state index >= 15 is 0 Å². The van der Waals surface area contributed by atoms with Crippen molar-refractivity contribution >= 4 is 27.8 Å². The highest BCUT2D eigenvalue weighted by molar-refractivity contribution is 7.90. The molecule has 0 bridgehead atoms. The number of methoxy groups -OCH3 is 2. The Hall–Kier alpha value is -2.33. The fraction of sp³-hybridized carbons (Fsp3) is 0.385. The number of nitrogens with zero attached hydrogens (tertiary/aromatic N) is 1. The molecule has 0 aliphatic heterocycles. The van der Waals surface area contributed by atoms with Crippen molar-refractivity contribution in [2.75, 3.05) is 25.1 Å². The van der Waals surface area contributed by atoms with E-state index in [1.807, 2.05) is 0 Å². The second-order valence-electron chi connectivity index (χ2n) is 4.54. The Morgan fingerprint density at radius 1 is 1.30 bits per heavy atom. The van der Waals surface area contributed by atoms with E-state index in [1.165, 1.54) is 20.1 Å². The van der Waals surface area contributed by atoms with Gasteiger partial charge in [-0.3, -0.25) is 9.59 Å². The van der Waals surface area contributed by atoms with Crippen LogP contribution in [0.15, 0.2) is 18.2 Å². The smallest absolute Gasteiger partial charge is 0.326 e. The van der Waals surface area contributed by atoms with Crippen molar-refractivity contribution in [1.29, 1.82) is 0 Å². The van der Waals surface area contributed by atoms with E-state index in [-0.39, 0.29) is 23.9 Å². The molecule has 0 atom stereocenters. The number of benzene rings is 1. The van der Waals surface area contributed by atoms with Crippen LogP contribution in [0, 0.1) is 0 Å². The molecule has 0 fully saturated rings. The van der Waals surface area contributed by atoms with E-state index in [2.05, 4.69) is 10.1 Å². The van der Waals surface area contributed by atoms with Crippen molar-refractivity contribution in [2.24, 2.45) is 5.14 Å². The maximum atomic E-state index is 11.7. The summed E-state index contributed by atoms with van der Waals surface area (Å²) in [6, 6.07) is 4.56. The van der Waals surface area contributed by atoms with Gasteiger partial charge in [0.2, 0.25) is 5.91 Å². The van der Waals surface area contributed by atoms with Gasteiger partial charge in [0, 0.05) is 13.5 Å². The molecule has 23 heavy (non-hydrogen) atoms. The van der Waals surface area contributed by atoms with E-state index in [4.69, 9.17) is 9.88 Å². The lowest BCUT2D eigenvalue weighted by atomic mass is 10.2. The number of carbonyl (C=O) groups is 2. The number of nitrogens with one attached hydrogen (secondary N) is 1. The molecule has 3 N–H and O–H groups in total. The Kier molecular flexibility index (Phi) is 6.34. The predicted octanol–water partition coefficient (Wildman–Crippen LogP) is -0.486. The van der Waals surface area contributed by atoms with Gasteiger partial charge in [0.1, 0.15) is 12.3 Å². The Balaban J connectivity index is 3.21. The van der Waals surface area contributed by atoms with Crippen LogP contribution >= 0.6 is 0 Å². The summed E-state index contributed by atoms with van der Waals surface area (Å²) in [7, 11) is -1.73. The molecule has 0 aliphatic carbocycles. The molecule has 0 saturated heterocycles. The summed E-state index contributed by atoms with van der Waals surface area (Å²) in [5, 5.41) is 7.76. The van der Waals surface area contributed by atoms with Crippen LogP contribution in [0.1, 0.15) is 12.5 Å². The summed E-state index contributed by atoms with van der Waals surface area (Å²) < 4.78 is 33.8. The number of ether oxygens (including phenoxy) is 2. The molecule has 1 aromatic rings. The molecular formula is C13H19N3O6S. The summed E-state index contributed by atoms with van der Waals surface area (Å²) in [5.41, 5.74) is 0.778. The molecule has 0 unspecified atom stereocenters. The van der Waals surface area contributed by atoms with Gasteiger partial charge in [-0.05, 0) is 17.7 Å². The first-order valence-electron chi connectivity index (χ1n) is 6.47. The van der Waals surface area contributed by atoms with Gasteiger partial charge in [0.15, 0.2) is 0 Å². The minimum atomic E-state index is -4.21. The molecule has 0 spiro atoms. The number of hydrogen-bond acceptors (Lipinski definition) is 6. The topological polar surface area (TPSA) is 128 Å². The van der Waals surface area contributed by atoms with Gasteiger partial charge in [-0.25, -0.2) is 9.44 Å². The Morgan fingerprint density at radius 2 is 1.96 bits per heavy atom. The largest absolute Gasteiger partial charge is 0.495 e. The molecule has 1 aromatic carbocycles. The van der Waals surface area contributed by atoms with Gasteiger partial charge >= 0.3 is 5.97 Å². The van der Waals surface area contributed by atoms with Gasteiger partial charge in [-0.1, -0.05) is 6.07 Å². The van der Waals surface area contributed by atoms with Crippen LogP contribution in [0.3, 0.4) is 0 Å². The average molecular weight is 345 g/mol. The summed E-state index contributed by atoms with van der Waals surface area (Å²) in [6.45, 7) is 1.04. The van der Waals surface area contributed by atoms with Crippen molar-refractivity contribution < 1.29 is 27.5 Å². The van der Waals surface area contributed by atoms with E-state index in [9.17, 15) is 18.0 Å². The summed E-state index contributed by atoms with van der Waals surface area (Å²) in [4.78, 5) is 22.3. The van der Waals surface area contributed by atoms with Crippen LogP contribution < -0.4 is 19.5 Å². The first kappa shape index (κ1) is 18.7. The van der Waals surface area contributed by atoms with E-state index < -0.39 is 22.7 Å². The van der Waals surface area contributed by atoms with Crippen LogP contribution in [0.25, 0.3) is 0 Å². The zero-order valence-corrected chi connectivity index (χ0v) is 13.8. The highest BCUT2D eigenvalue weighted by Gasteiger charge is 2.25. The van der Waals surface area contributed by atoms with Gasteiger partial charge in [0.25, 0.3) is 10.2 Å². The second kappa shape index (κ2) is 7.79. The fourth-order valence-electron chi connectivity index (χ4n) is 1.76.